The van der Waals surface area contributed by atoms with Crippen molar-refractivity contribution in [1.29, 1.82) is 0 Å². The highest BCUT2D eigenvalue weighted by atomic mass is 32.1. The van der Waals surface area contributed by atoms with Gasteiger partial charge >= 0.3 is 0 Å². The molecule has 0 atom stereocenters. The summed E-state index contributed by atoms with van der Waals surface area (Å²) in [6, 6.07) is 8.23. The first-order chi connectivity index (χ1) is 8.81. The zero-order chi connectivity index (χ0) is 12.8. The lowest BCUT2D eigenvalue weighted by atomic mass is 10.2. The average Bonchev–Trinajstić information content (AvgIpc) is 2.87. The van der Waals surface area contributed by atoms with Gasteiger partial charge in [0, 0.05) is 18.3 Å². The summed E-state index contributed by atoms with van der Waals surface area (Å²) in [7, 11) is 0. The first kappa shape index (κ1) is 13.1. The number of hydrogen-bond donors (Lipinski definition) is 1. The highest BCUT2D eigenvalue weighted by molar-refractivity contribution is 7.09. The van der Waals surface area contributed by atoms with Crippen molar-refractivity contribution < 1.29 is 4.74 Å². The maximum Gasteiger partial charge on any atom is 0.119 e. The van der Waals surface area contributed by atoms with Crippen molar-refractivity contribution in [1.82, 2.24) is 4.98 Å². The van der Waals surface area contributed by atoms with E-state index < -0.39 is 0 Å². The summed E-state index contributed by atoms with van der Waals surface area (Å²) >= 11 is 1.65. The Morgan fingerprint density at radius 3 is 3.00 bits per heavy atom. The van der Waals surface area contributed by atoms with Crippen molar-refractivity contribution in [3.8, 4) is 5.75 Å². The van der Waals surface area contributed by atoms with E-state index >= 15 is 0 Å². The molecule has 3 nitrogen and oxygen atoms in total. The van der Waals surface area contributed by atoms with E-state index in [2.05, 4.69) is 24.0 Å². The summed E-state index contributed by atoms with van der Waals surface area (Å²) in [5.41, 5.74) is 7.79. The number of aryl methyl sites for hydroxylation is 1. The van der Waals surface area contributed by atoms with Gasteiger partial charge in [0.05, 0.1) is 17.3 Å². The minimum atomic E-state index is 0.510. The molecule has 1 aromatic carbocycles. The third-order valence-corrected chi connectivity index (χ3v) is 3.66. The number of benzene rings is 1. The van der Waals surface area contributed by atoms with Crippen molar-refractivity contribution >= 4 is 11.3 Å². The summed E-state index contributed by atoms with van der Waals surface area (Å²) in [6.45, 7) is 3.31. The summed E-state index contributed by atoms with van der Waals surface area (Å²) in [4.78, 5) is 4.41. The fourth-order valence-corrected chi connectivity index (χ4v) is 2.46. The van der Waals surface area contributed by atoms with E-state index in [4.69, 9.17) is 10.5 Å². The molecule has 0 aliphatic rings. The third kappa shape index (κ3) is 3.55. The van der Waals surface area contributed by atoms with Crippen LogP contribution < -0.4 is 10.5 Å². The van der Waals surface area contributed by atoms with Gasteiger partial charge in [-0.3, -0.25) is 0 Å². The number of aromatic nitrogens is 1. The lowest BCUT2D eigenvalue weighted by Gasteiger charge is -2.06. The molecule has 0 fully saturated rings. The van der Waals surface area contributed by atoms with E-state index in [9.17, 15) is 0 Å². The van der Waals surface area contributed by atoms with Crippen molar-refractivity contribution in [2.45, 2.75) is 26.3 Å². The van der Waals surface area contributed by atoms with E-state index in [1.165, 1.54) is 5.56 Å². The first-order valence-corrected chi connectivity index (χ1v) is 7.05. The largest absolute Gasteiger partial charge is 0.493 e. The van der Waals surface area contributed by atoms with Gasteiger partial charge < -0.3 is 10.5 Å². The topological polar surface area (TPSA) is 48.1 Å². The molecule has 0 aliphatic carbocycles. The molecule has 0 aliphatic heterocycles. The molecule has 1 aromatic heterocycles. The Morgan fingerprint density at radius 2 is 2.28 bits per heavy atom. The van der Waals surface area contributed by atoms with Crippen LogP contribution in [0.4, 0.5) is 0 Å². The van der Waals surface area contributed by atoms with Gasteiger partial charge in [-0.1, -0.05) is 19.1 Å². The molecule has 96 valence electrons. The van der Waals surface area contributed by atoms with Gasteiger partial charge in [-0.25, -0.2) is 4.98 Å². The molecule has 4 heteroatoms. The number of ether oxygens (including phenoxy) is 1. The second-order valence-corrected chi connectivity index (χ2v) is 4.98. The lowest BCUT2D eigenvalue weighted by Crippen LogP contribution is -2.02. The number of thiazole rings is 1. The molecule has 2 rings (SSSR count). The fraction of sp³-hybridized carbons (Fsp3) is 0.357. The smallest absolute Gasteiger partial charge is 0.119 e. The van der Waals surface area contributed by atoms with Crippen molar-refractivity contribution in [3.05, 3.63) is 45.9 Å². The van der Waals surface area contributed by atoms with E-state index in [0.29, 0.717) is 13.2 Å². The van der Waals surface area contributed by atoms with Gasteiger partial charge in [0.15, 0.2) is 0 Å². The van der Waals surface area contributed by atoms with Crippen LogP contribution in [0.25, 0.3) is 0 Å². The zero-order valence-electron chi connectivity index (χ0n) is 10.6. The molecule has 18 heavy (non-hydrogen) atoms. The van der Waals surface area contributed by atoms with E-state index in [1.807, 2.05) is 17.5 Å². The second kappa shape index (κ2) is 6.52. The molecule has 0 saturated heterocycles. The van der Waals surface area contributed by atoms with Crippen molar-refractivity contribution in [2.24, 2.45) is 5.73 Å². The average molecular weight is 262 g/mol. The molecule has 0 spiro atoms. The van der Waals surface area contributed by atoms with Gasteiger partial charge in [-0.15, -0.1) is 11.3 Å². The predicted molar refractivity (Wildman–Crippen MR) is 75.0 cm³/mol. The quantitative estimate of drug-likeness (QED) is 0.871. The molecular formula is C14H18N2OS. The van der Waals surface area contributed by atoms with Gasteiger partial charge in [-0.05, 0) is 24.1 Å². The van der Waals surface area contributed by atoms with Crippen molar-refractivity contribution in [2.75, 3.05) is 6.61 Å². The first-order valence-electron chi connectivity index (χ1n) is 6.17. The van der Waals surface area contributed by atoms with Gasteiger partial charge in [0.25, 0.3) is 0 Å². The minimum Gasteiger partial charge on any atom is -0.493 e. The summed E-state index contributed by atoms with van der Waals surface area (Å²) in [6.07, 6.45) is 1.87. The predicted octanol–water partition coefficient (Wildman–Crippen LogP) is 2.79. The van der Waals surface area contributed by atoms with Crippen LogP contribution in [0, 0.1) is 0 Å². The normalized spacial score (nSPS) is 10.6. The van der Waals surface area contributed by atoms with Crippen LogP contribution in [0.3, 0.4) is 0 Å². The fourth-order valence-electron chi connectivity index (χ4n) is 1.67. The molecule has 0 radical (unpaired) electrons. The lowest BCUT2D eigenvalue weighted by molar-refractivity contribution is 0.321. The van der Waals surface area contributed by atoms with Crippen molar-refractivity contribution in [3.63, 3.8) is 0 Å². The highest BCUT2D eigenvalue weighted by Gasteiger charge is 2.01. The Morgan fingerprint density at radius 1 is 1.39 bits per heavy atom. The summed E-state index contributed by atoms with van der Waals surface area (Å²) < 4.78 is 5.73. The van der Waals surface area contributed by atoms with Crippen LogP contribution >= 0.6 is 11.3 Å². The Balaban J connectivity index is 1.84. The summed E-state index contributed by atoms with van der Waals surface area (Å²) in [5.74, 6) is 0.935. The molecule has 0 amide bonds. The van der Waals surface area contributed by atoms with Crippen LogP contribution in [-0.4, -0.2) is 11.6 Å². The Kier molecular flexibility index (Phi) is 4.73. The molecule has 1 heterocycles. The van der Waals surface area contributed by atoms with E-state index in [1.54, 1.807) is 11.3 Å². The molecule has 2 N–H and O–H groups in total. The van der Waals surface area contributed by atoms with Gasteiger partial charge in [-0.2, -0.15) is 0 Å². The molecule has 0 unspecified atom stereocenters. The van der Waals surface area contributed by atoms with E-state index in [-0.39, 0.29) is 0 Å². The van der Waals surface area contributed by atoms with Gasteiger partial charge in [0.2, 0.25) is 0 Å². The molecule has 0 bridgehead atoms. The van der Waals surface area contributed by atoms with Crippen LogP contribution in [0.15, 0.2) is 29.6 Å². The zero-order valence-corrected chi connectivity index (χ0v) is 11.4. The van der Waals surface area contributed by atoms with Crippen LogP contribution in [0.2, 0.25) is 0 Å². The number of hydrogen-bond acceptors (Lipinski definition) is 4. The van der Waals surface area contributed by atoms with Gasteiger partial charge in [0.1, 0.15) is 5.75 Å². The number of nitrogens with zero attached hydrogens (tertiary/aromatic N) is 1. The standard InChI is InChI=1S/C14H18N2OS/c1-2-11-4-3-5-13(8-11)17-7-6-14-16-12(9-15)10-18-14/h3-5,8,10H,2,6-7,9,15H2,1H3. The number of rotatable bonds is 6. The van der Waals surface area contributed by atoms with Crippen LogP contribution in [0.1, 0.15) is 23.2 Å². The molecular weight excluding hydrogens is 244 g/mol. The Labute approximate surface area is 112 Å². The maximum atomic E-state index is 5.73. The Bertz CT molecular complexity index is 496. The third-order valence-electron chi connectivity index (χ3n) is 2.70. The maximum absolute atomic E-state index is 5.73. The SMILES string of the molecule is CCc1cccc(OCCc2nc(CN)cs2)c1. The van der Waals surface area contributed by atoms with Crippen LogP contribution in [-0.2, 0) is 19.4 Å². The highest BCUT2D eigenvalue weighted by Crippen LogP contribution is 2.15. The summed E-state index contributed by atoms with van der Waals surface area (Å²) in [5, 5.41) is 3.09. The van der Waals surface area contributed by atoms with E-state index in [0.717, 1.165) is 29.3 Å². The Hall–Kier alpha value is -1.39. The number of nitrogens with two attached hydrogens (primary N) is 1. The van der Waals surface area contributed by atoms with Crippen LogP contribution in [0.5, 0.6) is 5.75 Å². The minimum absolute atomic E-state index is 0.510. The molecule has 0 saturated carbocycles. The monoisotopic (exact) mass is 262 g/mol. The molecule has 2 aromatic rings. The second-order valence-electron chi connectivity index (χ2n) is 4.04.